The van der Waals surface area contributed by atoms with Crippen molar-refractivity contribution in [2.24, 2.45) is 22.4 Å². The molecule has 2 amide bonds. The van der Waals surface area contributed by atoms with E-state index in [0.717, 1.165) is 44.1 Å². The lowest BCUT2D eigenvalue weighted by Crippen LogP contribution is -2.59. The Kier molecular flexibility index (Phi) is 5.43. The number of hydrogen-bond acceptors (Lipinski definition) is 5. The van der Waals surface area contributed by atoms with Gasteiger partial charge in [0.25, 0.3) is 0 Å². The van der Waals surface area contributed by atoms with Crippen molar-refractivity contribution in [2.45, 2.75) is 64.7 Å². The minimum absolute atomic E-state index is 0.0124. The predicted molar refractivity (Wildman–Crippen MR) is 112 cm³/mol. The Balaban J connectivity index is 1.60. The number of imide groups is 1. The standard InChI is InChI=1S/C22H30N2O5S/c1-3-4-11-24-20(25)13-19-18-7-5-14-12-15(29-30(23,27)28)6-8-16(14)17(18)9-10-22(19,2)21(24)26/h6,8,12,17-19H,3-5,7,9-11,13H2,1-2H3,(H2,23,27,28). The molecule has 2 fully saturated rings. The molecule has 3 aliphatic rings. The molecule has 4 atom stereocenters. The summed E-state index contributed by atoms with van der Waals surface area (Å²) in [5.74, 6) is 0.825. The average Bonchev–Trinajstić information content (AvgIpc) is 2.67. The normalized spacial score (nSPS) is 31.0. The number of piperidine rings is 1. The first-order valence-corrected chi connectivity index (χ1v) is 12.3. The van der Waals surface area contributed by atoms with E-state index >= 15 is 0 Å². The summed E-state index contributed by atoms with van der Waals surface area (Å²) in [7, 11) is -4.05. The molecule has 1 saturated heterocycles. The third-order valence-corrected chi connectivity index (χ3v) is 7.89. The number of unbranched alkanes of at least 4 members (excludes halogenated alkanes) is 1. The molecular formula is C22H30N2O5S. The van der Waals surface area contributed by atoms with E-state index in [0.29, 0.717) is 13.0 Å². The highest BCUT2D eigenvalue weighted by molar-refractivity contribution is 7.84. The van der Waals surface area contributed by atoms with Gasteiger partial charge in [0.1, 0.15) is 5.75 Å². The Labute approximate surface area is 178 Å². The van der Waals surface area contributed by atoms with Gasteiger partial charge in [0.2, 0.25) is 11.8 Å². The van der Waals surface area contributed by atoms with Gasteiger partial charge in [0.15, 0.2) is 0 Å². The maximum atomic E-state index is 13.3. The first kappa shape index (κ1) is 21.3. The number of fused-ring (bicyclic) bond motifs is 5. The molecule has 1 aromatic rings. The van der Waals surface area contributed by atoms with Crippen molar-refractivity contribution >= 4 is 22.1 Å². The zero-order valence-corrected chi connectivity index (χ0v) is 18.4. The zero-order valence-electron chi connectivity index (χ0n) is 17.6. The van der Waals surface area contributed by atoms with Crippen molar-refractivity contribution in [3.8, 4) is 5.75 Å². The molecule has 0 bridgehead atoms. The summed E-state index contributed by atoms with van der Waals surface area (Å²) in [6.07, 6.45) is 5.55. The van der Waals surface area contributed by atoms with Crippen LogP contribution in [0, 0.1) is 17.3 Å². The summed E-state index contributed by atoms with van der Waals surface area (Å²) in [4.78, 5) is 27.6. The Morgan fingerprint density at radius 1 is 1.27 bits per heavy atom. The van der Waals surface area contributed by atoms with Gasteiger partial charge in [-0.2, -0.15) is 13.6 Å². The van der Waals surface area contributed by atoms with E-state index in [4.69, 9.17) is 9.32 Å². The Hall–Kier alpha value is -1.93. The fraction of sp³-hybridized carbons (Fsp3) is 0.636. The van der Waals surface area contributed by atoms with Crippen LogP contribution in [-0.4, -0.2) is 31.7 Å². The first-order chi connectivity index (χ1) is 14.1. The number of aryl methyl sites for hydroxylation is 1. The van der Waals surface area contributed by atoms with Crippen LogP contribution in [0.2, 0.25) is 0 Å². The van der Waals surface area contributed by atoms with Gasteiger partial charge in [-0.3, -0.25) is 14.5 Å². The minimum atomic E-state index is -4.05. The summed E-state index contributed by atoms with van der Waals surface area (Å²) in [5.41, 5.74) is 1.78. The van der Waals surface area contributed by atoms with Gasteiger partial charge in [-0.15, -0.1) is 0 Å². The highest BCUT2D eigenvalue weighted by atomic mass is 32.2. The van der Waals surface area contributed by atoms with Crippen molar-refractivity contribution in [1.82, 2.24) is 4.90 Å². The number of nitrogens with two attached hydrogens (primary N) is 1. The Morgan fingerprint density at radius 3 is 2.73 bits per heavy atom. The Morgan fingerprint density at radius 2 is 2.03 bits per heavy atom. The molecule has 4 rings (SSSR count). The van der Waals surface area contributed by atoms with E-state index in [1.54, 1.807) is 12.1 Å². The van der Waals surface area contributed by atoms with E-state index in [1.165, 1.54) is 10.5 Å². The van der Waals surface area contributed by atoms with Crippen LogP contribution in [0.15, 0.2) is 18.2 Å². The lowest BCUT2D eigenvalue weighted by molar-refractivity contribution is -0.167. The zero-order chi connectivity index (χ0) is 21.7. The molecule has 8 heteroatoms. The summed E-state index contributed by atoms with van der Waals surface area (Å²) < 4.78 is 27.3. The maximum absolute atomic E-state index is 13.3. The van der Waals surface area contributed by atoms with Crippen molar-refractivity contribution in [3.05, 3.63) is 29.3 Å². The van der Waals surface area contributed by atoms with Crippen LogP contribution in [0.1, 0.15) is 69.4 Å². The van der Waals surface area contributed by atoms with Crippen molar-refractivity contribution in [1.29, 1.82) is 0 Å². The van der Waals surface area contributed by atoms with E-state index in [1.807, 2.05) is 6.07 Å². The molecule has 0 radical (unpaired) electrons. The molecule has 1 aromatic carbocycles. The van der Waals surface area contributed by atoms with Gasteiger partial charge in [-0.25, -0.2) is 0 Å². The second-order valence-corrected chi connectivity index (χ2v) is 10.4. The van der Waals surface area contributed by atoms with Crippen molar-refractivity contribution in [2.75, 3.05) is 6.54 Å². The summed E-state index contributed by atoms with van der Waals surface area (Å²) in [6.45, 7) is 4.65. The van der Waals surface area contributed by atoms with E-state index in [2.05, 4.69) is 13.8 Å². The molecule has 0 aromatic heterocycles. The molecule has 164 valence electrons. The summed E-state index contributed by atoms with van der Waals surface area (Å²) in [6, 6.07) is 5.33. The SMILES string of the molecule is CCCCN1C(=O)CC2C3CCc4cc(OS(N)(=O)=O)ccc4C3CCC2(C)C1=O. The van der Waals surface area contributed by atoms with Gasteiger partial charge in [-0.1, -0.05) is 26.3 Å². The molecular weight excluding hydrogens is 404 g/mol. The highest BCUT2D eigenvalue weighted by Gasteiger charge is 2.57. The van der Waals surface area contributed by atoms with E-state index < -0.39 is 15.7 Å². The van der Waals surface area contributed by atoms with Crippen molar-refractivity contribution < 1.29 is 22.2 Å². The fourth-order valence-corrected chi connectivity index (χ4v) is 6.34. The number of likely N-dealkylation sites (tertiary alicyclic amines) is 1. The number of carbonyl (C=O) groups is 2. The molecule has 1 saturated carbocycles. The van der Waals surface area contributed by atoms with Crippen LogP contribution in [0.25, 0.3) is 0 Å². The van der Waals surface area contributed by atoms with Gasteiger partial charge in [0.05, 0.1) is 5.41 Å². The molecule has 7 nitrogen and oxygen atoms in total. The van der Waals surface area contributed by atoms with E-state index in [9.17, 15) is 18.0 Å². The van der Waals surface area contributed by atoms with E-state index in [-0.39, 0.29) is 35.3 Å². The lowest BCUT2D eigenvalue weighted by Gasteiger charge is -2.54. The summed E-state index contributed by atoms with van der Waals surface area (Å²) in [5, 5.41) is 4.99. The molecule has 2 aliphatic carbocycles. The van der Waals surface area contributed by atoms with Crippen LogP contribution in [-0.2, 0) is 26.3 Å². The first-order valence-electron chi connectivity index (χ1n) is 10.8. The largest absolute Gasteiger partial charge is 0.380 e. The summed E-state index contributed by atoms with van der Waals surface area (Å²) >= 11 is 0. The third kappa shape index (κ3) is 3.64. The third-order valence-electron chi connectivity index (χ3n) is 7.46. The maximum Gasteiger partial charge on any atom is 0.380 e. The molecule has 4 unspecified atom stereocenters. The number of hydrogen-bond donors (Lipinski definition) is 1. The molecule has 1 heterocycles. The van der Waals surface area contributed by atoms with Crippen molar-refractivity contribution in [3.63, 3.8) is 0 Å². The molecule has 2 N–H and O–H groups in total. The second kappa shape index (κ2) is 7.64. The molecule has 1 aliphatic heterocycles. The number of rotatable bonds is 5. The van der Waals surface area contributed by atoms with Gasteiger partial charge in [0, 0.05) is 13.0 Å². The van der Waals surface area contributed by atoms with Crippen LogP contribution in [0.3, 0.4) is 0 Å². The minimum Gasteiger partial charge on any atom is -0.371 e. The van der Waals surface area contributed by atoms with Gasteiger partial charge in [-0.05, 0) is 73.1 Å². The second-order valence-electron chi connectivity index (χ2n) is 9.22. The molecule has 30 heavy (non-hydrogen) atoms. The van der Waals surface area contributed by atoms with Crippen LogP contribution < -0.4 is 9.32 Å². The highest BCUT2D eigenvalue weighted by Crippen LogP contribution is 2.58. The number of benzene rings is 1. The fourth-order valence-electron chi connectivity index (χ4n) is 5.97. The number of nitrogens with zero attached hydrogens (tertiary/aromatic N) is 1. The van der Waals surface area contributed by atoms with Crippen LogP contribution in [0.4, 0.5) is 0 Å². The Bertz CT molecular complexity index is 976. The quantitative estimate of drug-likeness (QED) is 0.717. The van der Waals surface area contributed by atoms with Gasteiger partial charge < -0.3 is 4.18 Å². The number of carbonyl (C=O) groups excluding carboxylic acids is 2. The molecule has 0 spiro atoms. The smallest absolute Gasteiger partial charge is 0.371 e. The predicted octanol–water partition coefficient (Wildman–Crippen LogP) is 2.89. The van der Waals surface area contributed by atoms with Crippen LogP contribution >= 0.6 is 0 Å². The van der Waals surface area contributed by atoms with Crippen LogP contribution in [0.5, 0.6) is 5.75 Å². The topological polar surface area (TPSA) is 107 Å². The average molecular weight is 435 g/mol. The lowest BCUT2D eigenvalue weighted by atomic mass is 9.52. The number of amides is 2. The van der Waals surface area contributed by atoms with Gasteiger partial charge >= 0.3 is 10.3 Å². The monoisotopic (exact) mass is 434 g/mol.